The molecule has 0 saturated heterocycles. The topological polar surface area (TPSA) is 51.2 Å². The van der Waals surface area contributed by atoms with Crippen molar-refractivity contribution in [2.45, 2.75) is 0 Å². The second-order valence-corrected chi connectivity index (χ2v) is 5.69. The van der Waals surface area contributed by atoms with Gasteiger partial charge >= 0.3 is 0 Å². The zero-order valence-corrected chi connectivity index (χ0v) is 13.7. The van der Waals surface area contributed by atoms with Gasteiger partial charge in [-0.05, 0) is 48.5 Å². The smallest absolute Gasteiger partial charge is 0.255 e. The minimum Gasteiger partial charge on any atom is -0.457 e. The Hall–Kier alpha value is -2.66. The molecule has 0 saturated carbocycles. The van der Waals surface area contributed by atoms with Gasteiger partial charge in [-0.2, -0.15) is 0 Å². The highest BCUT2D eigenvalue weighted by Gasteiger charge is 2.06. The van der Waals surface area contributed by atoms with Gasteiger partial charge in [-0.1, -0.05) is 22.0 Å². The minimum absolute atomic E-state index is 0.168. The van der Waals surface area contributed by atoms with E-state index in [9.17, 15) is 4.79 Å². The first kappa shape index (κ1) is 15.2. The summed E-state index contributed by atoms with van der Waals surface area (Å²) in [6, 6.07) is 18.0. The van der Waals surface area contributed by atoms with Crippen molar-refractivity contribution in [1.82, 2.24) is 4.98 Å². The summed E-state index contributed by atoms with van der Waals surface area (Å²) < 4.78 is 6.66. The third-order valence-electron chi connectivity index (χ3n) is 3.08. The van der Waals surface area contributed by atoms with E-state index in [1.54, 1.807) is 42.7 Å². The van der Waals surface area contributed by atoms with Gasteiger partial charge in [-0.3, -0.25) is 9.78 Å². The molecule has 0 fully saturated rings. The molecular formula is C18H13BrN2O2. The van der Waals surface area contributed by atoms with E-state index in [1.807, 2.05) is 30.3 Å². The fourth-order valence-corrected chi connectivity index (χ4v) is 2.25. The molecule has 1 N–H and O–H groups in total. The van der Waals surface area contributed by atoms with Gasteiger partial charge < -0.3 is 10.1 Å². The van der Waals surface area contributed by atoms with Crippen molar-refractivity contribution < 1.29 is 9.53 Å². The molecule has 0 aliphatic carbocycles. The molecule has 114 valence electrons. The van der Waals surface area contributed by atoms with Crippen LogP contribution in [0.5, 0.6) is 11.5 Å². The number of carbonyl (C=O) groups is 1. The average Bonchev–Trinajstić information content (AvgIpc) is 2.57. The maximum atomic E-state index is 12.2. The van der Waals surface area contributed by atoms with Gasteiger partial charge in [0, 0.05) is 34.2 Å². The molecule has 0 atom stereocenters. The molecule has 5 heteroatoms. The summed E-state index contributed by atoms with van der Waals surface area (Å²) in [5, 5.41) is 2.86. The van der Waals surface area contributed by atoms with Crippen molar-refractivity contribution in [3.63, 3.8) is 0 Å². The lowest BCUT2D eigenvalue weighted by Gasteiger charge is -2.09. The Morgan fingerprint density at radius 1 is 0.957 bits per heavy atom. The van der Waals surface area contributed by atoms with Gasteiger partial charge in [-0.15, -0.1) is 0 Å². The minimum atomic E-state index is -0.168. The second kappa shape index (κ2) is 7.07. The van der Waals surface area contributed by atoms with Gasteiger partial charge in [0.15, 0.2) is 0 Å². The van der Waals surface area contributed by atoms with Crippen LogP contribution in [0.1, 0.15) is 10.4 Å². The van der Waals surface area contributed by atoms with Crippen molar-refractivity contribution in [3.05, 3.63) is 83.1 Å². The summed E-state index contributed by atoms with van der Waals surface area (Å²) in [6.45, 7) is 0. The lowest BCUT2D eigenvalue weighted by Crippen LogP contribution is -2.11. The first-order valence-corrected chi connectivity index (χ1v) is 7.75. The van der Waals surface area contributed by atoms with Crippen molar-refractivity contribution in [1.29, 1.82) is 0 Å². The van der Waals surface area contributed by atoms with E-state index in [0.717, 1.165) is 4.47 Å². The number of nitrogens with zero attached hydrogens (tertiary/aromatic N) is 1. The van der Waals surface area contributed by atoms with E-state index in [2.05, 4.69) is 26.2 Å². The predicted octanol–water partition coefficient (Wildman–Crippen LogP) is 4.89. The van der Waals surface area contributed by atoms with E-state index < -0.39 is 0 Å². The zero-order chi connectivity index (χ0) is 16.1. The van der Waals surface area contributed by atoms with E-state index in [4.69, 9.17) is 4.74 Å². The Morgan fingerprint density at radius 3 is 2.43 bits per heavy atom. The van der Waals surface area contributed by atoms with Crippen molar-refractivity contribution in [3.8, 4) is 11.5 Å². The monoisotopic (exact) mass is 368 g/mol. The molecule has 23 heavy (non-hydrogen) atoms. The van der Waals surface area contributed by atoms with Gasteiger partial charge in [0.2, 0.25) is 0 Å². The summed E-state index contributed by atoms with van der Waals surface area (Å²) in [7, 11) is 0. The third-order valence-corrected chi connectivity index (χ3v) is 3.61. The van der Waals surface area contributed by atoms with E-state index in [-0.39, 0.29) is 5.91 Å². The number of pyridine rings is 1. The first-order chi connectivity index (χ1) is 11.2. The number of carbonyl (C=O) groups excluding carboxylic acids is 1. The van der Waals surface area contributed by atoms with Crippen LogP contribution in [0.3, 0.4) is 0 Å². The fourth-order valence-electron chi connectivity index (χ4n) is 1.98. The van der Waals surface area contributed by atoms with Gasteiger partial charge in [0.1, 0.15) is 11.5 Å². The first-order valence-electron chi connectivity index (χ1n) is 6.95. The molecule has 0 radical (unpaired) electrons. The summed E-state index contributed by atoms with van der Waals surface area (Å²) in [5.41, 5.74) is 1.26. The molecule has 0 aliphatic rings. The van der Waals surface area contributed by atoms with Crippen LogP contribution in [-0.2, 0) is 0 Å². The molecule has 1 amide bonds. The SMILES string of the molecule is O=C(Nc1cccc(Oc2ccncc2)c1)c1ccc(Br)cc1. The highest BCUT2D eigenvalue weighted by Crippen LogP contribution is 2.24. The number of halogens is 1. The van der Waals surface area contributed by atoms with Gasteiger partial charge in [-0.25, -0.2) is 0 Å². The largest absolute Gasteiger partial charge is 0.457 e. The zero-order valence-electron chi connectivity index (χ0n) is 12.1. The van der Waals surface area contributed by atoms with Crippen LogP contribution in [0, 0.1) is 0 Å². The van der Waals surface area contributed by atoms with E-state index in [1.165, 1.54) is 0 Å². The number of amides is 1. The molecule has 3 aromatic rings. The molecular weight excluding hydrogens is 356 g/mol. The Kier molecular flexibility index (Phi) is 4.68. The molecule has 0 spiro atoms. The van der Waals surface area contributed by atoms with Crippen LogP contribution in [0.15, 0.2) is 77.5 Å². The van der Waals surface area contributed by atoms with E-state index in [0.29, 0.717) is 22.7 Å². The van der Waals surface area contributed by atoms with Gasteiger partial charge in [0.25, 0.3) is 5.91 Å². The number of benzene rings is 2. The number of nitrogens with one attached hydrogen (secondary N) is 1. The average molecular weight is 369 g/mol. The lowest BCUT2D eigenvalue weighted by atomic mass is 10.2. The van der Waals surface area contributed by atoms with Crippen molar-refractivity contribution in [2.75, 3.05) is 5.32 Å². The number of aromatic nitrogens is 1. The van der Waals surface area contributed by atoms with Crippen LogP contribution < -0.4 is 10.1 Å². The summed E-state index contributed by atoms with van der Waals surface area (Å²) in [6.07, 6.45) is 3.32. The highest BCUT2D eigenvalue weighted by molar-refractivity contribution is 9.10. The number of hydrogen-bond acceptors (Lipinski definition) is 3. The lowest BCUT2D eigenvalue weighted by molar-refractivity contribution is 0.102. The predicted molar refractivity (Wildman–Crippen MR) is 92.8 cm³/mol. The van der Waals surface area contributed by atoms with Crippen LogP contribution in [0.4, 0.5) is 5.69 Å². The summed E-state index contributed by atoms with van der Waals surface area (Å²) >= 11 is 3.35. The molecule has 3 rings (SSSR count). The standard InChI is InChI=1S/C18H13BrN2O2/c19-14-6-4-13(5-7-14)18(22)21-15-2-1-3-17(12-15)23-16-8-10-20-11-9-16/h1-12H,(H,21,22). The molecule has 4 nitrogen and oxygen atoms in total. The quantitative estimate of drug-likeness (QED) is 0.713. The molecule has 0 unspecified atom stereocenters. The number of rotatable bonds is 4. The van der Waals surface area contributed by atoms with Gasteiger partial charge in [0.05, 0.1) is 0 Å². The molecule has 2 aromatic carbocycles. The van der Waals surface area contributed by atoms with Crippen LogP contribution in [0.25, 0.3) is 0 Å². The maximum Gasteiger partial charge on any atom is 0.255 e. The van der Waals surface area contributed by atoms with Crippen LogP contribution >= 0.6 is 15.9 Å². The van der Waals surface area contributed by atoms with Crippen LogP contribution in [-0.4, -0.2) is 10.9 Å². The third kappa shape index (κ3) is 4.17. The maximum absolute atomic E-state index is 12.2. The number of anilines is 1. The second-order valence-electron chi connectivity index (χ2n) is 4.77. The number of hydrogen-bond donors (Lipinski definition) is 1. The summed E-state index contributed by atoms with van der Waals surface area (Å²) in [4.78, 5) is 16.2. The Balaban J connectivity index is 1.72. The molecule has 1 aromatic heterocycles. The molecule has 0 bridgehead atoms. The van der Waals surface area contributed by atoms with Crippen LogP contribution in [0.2, 0.25) is 0 Å². The Labute approximate surface area is 142 Å². The Bertz CT molecular complexity index is 805. The molecule has 0 aliphatic heterocycles. The normalized spacial score (nSPS) is 10.1. The highest BCUT2D eigenvalue weighted by atomic mass is 79.9. The Morgan fingerprint density at radius 2 is 1.70 bits per heavy atom. The summed E-state index contributed by atoms with van der Waals surface area (Å²) in [5.74, 6) is 1.17. The van der Waals surface area contributed by atoms with Crippen molar-refractivity contribution in [2.24, 2.45) is 0 Å². The fraction of sp³-hybridized carbons (Fsp3) is 0. The molecule has 1 heterocycles. The number of ether oxygens (including phenoxy) is 1. The van der Waals surface area contributed by atoms with E-state index >= 15 is 0 Å². The van der Waals surface area contributed by atoms with Crippen molar-refractivity contribution >= 4 is 27.5 Å².